The van der Waals surface area contributed by atoms with Gasteiger partial charge in [0.25, 0.3) is 5.91 Å². The Labute approximate surface area is 251 Å². The molecule has 220 valence electrons. The molecule has 0 bridgehead atoms. The molecule has 1 aliphatic heterocycles. The van der Waals surface area contributed by atoms with Gasteiger partial charge < -0.3 is 15.0 Å². The van der Waals surface area contributed by atoms with Crippen molar-refractivity contribution in [3.63, 3.8) is 0 Å². The summed E-state index contributed by atoms with van der Waals surface area (Å²) in [6.45, 7) is 2.98. The monoisotopic (exact) mass is 587 g/mol. The van der Waals surface area contributed by atoms with Crippen LogP contribution in [-0.2, 0) is 9.59 Å². The van der Waals surface area contributed by atoms with Gasteiger partial charge in [-0.1, -0.05) is 74.0 Å². The van der Waals surface area contributed by atoms with Gasteiger partial charge in [-0.15, -0.1) is 11.8 Å². The van der Waals surface area contributed by atoms with E-state index in [0.29, 0.717) is 47.3 Å². The zero-order valence-corrected chi connectivity index (χ0v) is 24.6. The first-order valence-electron chi connectivity index (χ1n) is 14.3. The molecule has 1 fully saturated rings. The lowest BCUT2D eigenvalue weighted by atomic mass is 9.91. The van der Waals surface area contributed by atoms with Gasteiger partial charge in [0.2, 0.25) is 5.91 Å². The summed E-state index contributed by atoms with van der Waals surface area (Å²) in [6, 6.07) is 25.3. The second-order valence-electron chi connectivity index (χ2n) is 10.1. The third-order valence-corrected chi connectivity index (χ3v) is 8.45. The molecular weight excluding hydrogens is 550 g/mol. The van der Waals surface area contributed by atoms with Crippen molar-refractivity contribution in [1.82, 2.24) is 10.8 Å². The largest absolute Gasteiger partial charge is 0.491 e. The number of ether oxygens (including phenoxy) is 1. The Hall–Kier alpha value is -4.04. The molecule has 3 N–H and O–H groups in total. The van der Waals surface area contributed by atoms with Crippen LogP contribution in [0, 0.1) is 0 Å². The fourth-order valence-corrected chi connectivity index (χ4v) is 6.49. The van der Waals surface area contributed by atoms with Gasteiger partial charge in [0.15, 0.2) is 0 Å². The molecule has 1 aliphatic rings. The van der Waals surface area contributed by atoms with Crippen LogP contribution < -0.4 is 20.4 Å². The van der Waals surface area contributed by atoms with Crippen LogP contribution in [0.5, 0.6) is 5.75 Å². The van der Waals surface area contributed by atoms with Gasteiger partial charge in [0, 0.05) is 24.3 Å². The number of anilines is 1. The highest BCUT2D eigenvalue weighted by Crippen LogP contribution is 2.48. The third kappa shape index (κ3) is 7.82. The molecule has 0 radical (unpaired) electrons. The number of rotatable bonds is 14. The van der Waals surface area contributed by atoms with E-state index in [1.54, 1.807) is 17.2 Å². The molecule has 9 heteroatoms. The molecular formula is C33H37N3O5S. The molecule has 8 nitrogen and oxygen atoms in total. The number of para-hydroxylation sites is 2. The first-order chi connectivity index (χ1) is 20.6. The number of hydroxylamine groups is 1. The molecule has 4 rings (SSSR count). The first kappa shape index (κ1) is 30.9. The zero-order valence-electron chi connectivity index (χ0n) is 23.8. The van der Waals surface area contributed by atoms with Crippen LogP contribution in [0.2, 0.25) is 0 Å². The molecule has 0 aliphatic carbocycles. The highest BCUT2D eigenvalue weighted by Gasteiger charge is 2.36. The highest BCUT2D eigenvalue weighted by molar-refractivity contribution is 8.00. The Morgan fingerprint density at radius 1 is 1.05 bits per heavy atom. The quantitative estimate of drug-likeness (QED) is 0.0916. The molecule has 0 aromatic heterocycles. The van der Waals surface area contributed by atoms with E-state index in [-0.39, 0.29) is 24.3 Å². The van der Waals surface area contributed by atoms with Crippen LogP contribution in [0.25, 0.3) is 0 Å². The molecule has 1 heterocycles. The lowest BCUT2D eigenvalue weighted by molar-refractivity contribution is -0.129. The van der Waals surface area contributed by atoms with Crippen LogP contribution >= 0.6 is 11.8 Å². The normalized spacial score (nSPS) is 15.1. The molecule has 42 heavy (non-hydrogen) atoms. The minimum absolute atomic E-state index is 0.118. The van der Waals surface area contributed by atoms with Crippen molar-refractivity contribution in [2.75, 3.05) is 23.8 Å². The van der Waals surface area contributed by atoms with Crippen LogP contribution in [0.4, 0.5) is 5.69 Å². The number of nitrogens with zero attached hydrogens (tertiary/aromatic N) is 1. The Bertz CT molecular complexity index is 1390. The maximum atomic E-state index is 13.5. The lowest BCUT2D eigenvalue weighted by Gasteiger charge is -2.29. The Morgan fingerprint density at radius 3 is 2.55 bits per heavy atom. The summed E-state index contributed by atoms with van der Waals surface area (Å²) in [4.78, 5) is 38.8. The first-order valence-corrected chi connectivity index (χ1v) is 15.3. The zero-order chi connectivity index (χ0) is 29.7. The van der Waals surface area contributed by atoms with E-state index in [4.69, 9.17) is 9.94 Å². The van der Waals surface area contributed by atoms with E-state index in [0.717, 1.165) is 24.8 Å². The smallest absolute Gasteiger partial charge is 0.251 e. The van der Waals surface area contributed by atoms with E-state index in [9.17, 15) is 14.4 Å². The maximum absolute atomic E-state index is 13.5. The van der Waals surface area contributed by atoms with Crippen molar-refractivity contribution in [3.05, 3.63) is 101 Å². The van der Waals surface area contributed by atoms with Crippen molar-refractivity contribution in [2.24, 2.45) is 0 Å². The third-order valence-electron chi connectivity index (χ3n) is 7.23. The number of hydrogen-bond donors (Lipinski definition) is 3. The standard InChI is InChI=1S/C33H37N3O5S/c1-2-11-24(25-12-4-3-5-13-25)19-20-34-32(39)27-14-6-7-15-28(27)33-36(26(22-37)23-42-33)29-16-8-9-17-30(29)41-21-10-18-31(38)35-40/h3-9,12-17,24,33,40H,2,10-11,18-21,23H2,1H3,(H,34,39)(H,35,38). The topological polar surface area (TPSA) is 108 Å². The summed E-state index contributed by atoms with van der Waals surface area (Å²) in [5.41, 5.74) is 5.41. The number of carbonyl (C=O) groups is 2. The van der Waals surface area contributed by atoms with Crippen molar-refractivity contribution in [3.8, 4) is 5.75 Å². The van der Waals surface area contributed by atoms with Gasteiger partial charge in [-0.3, -0.25) is 14.8 Å². The van der Waals surface area contributed by atoms with Crippen LogP contribution in [0.1, 0.15) is 71.8 Å². The van der Waals surface area contributed by atoms with E-state index in [1.165, 1.54) is 5.56 Å². The van der Waals surface area contributed by atoms with Gasteiger partial charge in [0.05, 0.1) is 12.3 Å². The van der Waals surface area contributed by atoms with E-state index >= 15 is 0 Å². The van der Waals surface area contributed by atoms with Crippen molar-refractivity contribution < 1.29 is 24.3 Å². The van der Waals surface area contributed by atoms with Gasteiger partial charge in [-0.05, 0) is 54.5 Å². The summed E-state index contributed by atoms with van der Waals surface area (Å²) >= 11 is 1.55. The highest BCUT2D eigenvalue weighted by atomic mass is 32.2. The fraction of sp³-hybridized carbons (Fsp3) is 0.333. The van der Waals surface area contributed by atoms with Crippen molar-refractivity contribution in [2.45, 2.75) is 50.3 Å². The molecule has 3 aromatic carbocycles. The van der Waals surface area contributed by atoms with E-state index in [1.807, 2.05) is 59.5 Å². The second kappa shape index (κ2) is 15.8. The molecule has 0 saturated carbocycles. The summed E-state index contributed by atoms with van der Waals surface area (Å²) in [6.07, 6.45) is 3.50. The fourth-order valence-electron chi connectivity index (χ4n) is 5.20. The average Bonchev–Trinajstić information content (AvgIpc) is 3.47. The SMILES string of the molecule is CCCC(CCNC(=O)c1ccccc1C1SCC(=C=O)N1c1ccccc1OCCCC(=O)NO)c1ccccc1. The number of benzene rings is 3. The van der Waals surface area contributed by atoms with E-state index in [2.05, 4.69) is 42.4 Å². The molecule has 1 saturated heterocycles. The van der Waals surface area contributed by atoms with Crippen LogP contribution in [-0.4, -0.2) is 41.9 Å². The van der Waals surface area contributed by atoms with Crippen molar-refractivity contribution in [1.29, 1.82) is 0 Å². The summed E-state index contributed by atoms with van der Waals surface area (Å²) in [5, 5.41) is 11.5. The lowest BCUT2D eigenvalue weighted by Crippen LogP contribution is -2.29. The van der Waals surface area contributed by atoms with Gasteiger partial charge in [-0.2, -0.15) is 0 Å². The van der Waals surface area contributed by atoms with Crippen LogP contribution in [0.15, 0.2) is 84.6 Å². The number of amides is 2. The predicted octanol–water partition coefficient (Wildman–Crippen LogP) is 6.02. The second-order valence-corrected chi connectivity index (χ2v) is 11.1. The Morgan fingerprint density at radius 2 is 1.79 bits per heavy atom. The summed E-state index contributed by atoms with van der Waals surface area (Å²) in [5.74, 6) is 2.82. The minimum atomic E-state index is -0.482. The average molecular weight is 588 g/mol. The predicted molar refractivity (Wildman–Crippen MR) is 165 cm³/mol. The maximum Gasteiger partial charge on any atom is 0.251 e. The van der Waals surface area contributed by atoms with Gasteiger partial charge >= 0.3 is 0 Å². The minimum Gasteiger partial charge on any atom is -0.491 e. The molecule has 2 unspecified atom stereocenters. The summed E-state index contributed by atoms with van der Waals surface area (Å²) in [7, 11) is 0. The Balaban J connectivity index is 1.51. The van der Waals surface area contributed by atoms with Gasteiger partial charge in [0.1, 0.15) is 22.8 Å². The number of hydrogen-bond acceptors (Lipinski definition) is 7. The number of thioether (sulfide) groups is 1. The molecule has 0 spiro atoms. The molecule has 3 aromatic rings. The Kier molecular flexibility index (Phi) is 11.6. The van der Waals surface area contributed by atoms with Crippen molar-refractivity contribution >= 4 is 35.2 Å². The van der Waals surface area contributed by atoms with Crippen LogP contribution in [0.3, 0.4) is 0 Å². The van der Waals surface area contributed by atoms with E-state index < -0.39 is 5.91 Å². The number of nitrogens with one attached hydrogen (secondary N) is 2. The van der Waals surface area contributed by atoms with Gasteiger partial charge in [-0.25, -0.2) is 10.3 Å². The molecule has 2 amide bonds. The summed E-state index contributed by atoms with van der Waals surface area (Å²) < 4.78 is 6.00. The molecule has 2 atom stereocenters. The number of carbonyl (C=O) groups excluding carboxylic acids is 3.